The molecule has 0 saturated carbocycles. The van der Waals surface area contributed by atoms with Gasteiger partial charge >= 0.3 is 5.97 Å². The van der Waals surface area contributed by atoms with E-state index < -0.39 is 17.3 Å². The number of ether oxygens (including phenoxy) is 2. The minimum Gasteiger partial charge on any atom is -0.483 e. The maximum Gasteiger partial charge on any atom is 0.361 e. The van der Waals surface area contributed by atoms with Gasteiger partial charge in [0.1, 0.15) is 23.9 Å². The molecule has 1 aromatic heterocycles. The summed E-state index contributed by atoms with van der Waals surface area (Å²) >= 11 is 0. The third-order valence-electron chi connectivity index (χ3n) is 6.29. The summed E-state index contributed by atoms with van der Waals surface area (Å²) in [5.74, 6) is -1.65. The molecule has 0 spiro atoms. The number of esters is 1. The summed E-state index contributed by atoms with van der Waals surface area (Å²) in [4.78, 5) is 41.1. The van der Waals surface area contributed by atoms with Gasteiger partial charge in [-0.05, 0) is 29.2 Å². The van der Waals surface area contributed by atoms with E-state index in [2.05, 4.69) is 6.58 Å². The van der Waals surface area contributed by atoms with E-state index in [0.29, 0.717) is 12.0 Å². The number of benzene rings is 2. The highest BCUT2D eigenvalue weighted by Gasteiger charge is 2.40. The Labute approximate surface area is 214 Å². The summed E-state index contributed by atoms with van der Waals surface area (Å²) in [6.07, 6.45) is 0.529. The molecule has 192 valence electrons. The average molecular weight is 505 g/mol. The van der Waals surface area contributed by atoms with Gasteiger partial charge in [-0.15, -0.1) is 0 Å². The lowest BCUT2D eigenvalue weighted by Crippen LogP contribution is -2.43. The molecule has 3 heterocycles. The van der Waals surface area contributed by atoms with Gasteiger partial charge in [-0.1, -0.05) is 69.8 Å². The van der Waals surface area contributed by atoms with Crippen molar-refractivity contribution < 1.29 is 23.5 Å². The van der Waals surface area contributed by atoms with E-state index in [-0.39, 0.29) is 60.5 Å². The summed E-state index contributed by atoms with van der Waals surface area (Å²) in [7, 11) is 0. The Hall–Kier alpha value is -4.20. The van der Waals surface area contributed by atoms with Crippen LogP contribution in [0.25, 0.3) is 5.76 Å². The predicted octanol–water partition coefficient (Wildman–Crippen LogP) is 4.95. The summed E-state index contributed by atoms with van der Waals surface area (Å²) < 4.78 is 26.5. The molecule has 1 amide bonds. The highest BCUT2D eigenvalue weighted by Crippen LogP contribution is 2.33. The first-order chi connectivity index (χ1) is 17.9. The van der Waals surface area contributed by atoms with Gasteiger partial charge in [-0.25, -0.2) is 9.18 Å². The second kappa shape index (κ2) is 10.8. The molecule has 3 aromatic rings. The van der Waals surface area contributed by atoms with E-state index in [4.69, 9.17) is 9.47 Å². The fourth-order valence-electron chi connectivity index (χ4n) is 4.52. The summed E-state index contributed by atoms with van der Waals surface area (Å²) in [5, 5.41) is 0. The molecule has 0 radical (unpaired) electrons. The molecule has 0 N–H and O–H groups in total. The van der Waals surface area contributed by atoms with Crippen molar-refractivity contribution in [2.45, 2.75) is 46.9 Å². The second-order valence-corrected chi connectivity index (χ2v) is 8.48. The van der Waals surface area contributed by atoms with Gasteiger partial charge in [0.25, 0.3) is 5.91 Å². The zero-order valence-corrected chi connectivity index (χ0v) is 21.2. The Kier molecular flexibility index (Phi) is 7.57. The van der Waals surface area contributed by atoms with Crippen LogP contribution in [0.5, 0.6) is 5.75 Å². The summed E-state index contributed by atoms with van der Waals surface area (Å²) in [6, 6.07) is 14.0. The Morgan fingerprint density at radius 1 is 1.00 bits per heavy atom. The molecule has 2 aliphatic rings. The normalized spacial score (nSPS) is 13.9. The van der Waals surface area contributed by atoms with Crippen LogP contribution in [-0.4, -0.2) is 27.9 Å². The summed E-state index contributed by atoms with van der Waals surface area (Å²) in [6.45, 7) is 10.4. The number of rotatable bonds is 6. The van der Waals surface area contributed by atoms with E-state index in [9.17, 15) is 18.8 Å². The Morgan fingerprint density at radius 3 is 2.43 bits per heavy atom. The molecule has 0 fully saturated rings. The number of carbonyl (C=O) groups is 2. The van der Waals surface area contributed by atoms with Crippen LogP contribution >= 0.6 is 0 Å². The Balaban J connectivity index is 0.00000156. The van der Waals surface area contributed by atoms with Crippen molar-refractivity contribution in [2.24, 2.45) is 0 Å². The van der Waals surface area contributed by atoms with Gasteiger partial charge < -0.3 is 18.9 Å². The van der Waals surface area contributed by atoms with Gasteiger partial charge in [-0.2, -0.15) is 0 Å². The number of hydrogen-bond donors (Lipinski definition) is 0. The Bertz CT molecular complexity index is 1430. The van der Waals surface area contributed by atoms with Crippen molar-refractivity contribution in [1.29, 1.82) is 0 Å². The molecule has 8 heteroatoms. The smallest absolute Gasteiger partial charge is 0.361 e. The van der Waals surface area contributed by atoms with Gasteiger partial charge in [0.05, 0.1) is 5.56 Å². The van der Waals surface area contributed by atoms with Gasteiger partial charge in [-0.3, -0.25) is 9.59 Å². The first-order valence-electron chi connectivity index (χ1n) is 12.3. The zero-order chi connectivity index (χ0) is 26.7. The van der Waals surface area contributed by atoms with Crippen LogP contribution in [0.15, 0.2) is 59.9 Å². The number of aryl methyl sites for hydroxylation is 1. The third kappa shape index (κ3) is 4.79. The zero-order valence-electron chi connectivity index (χ0n) is 21.2. The molecule has 0 unspecified atom stereocenters. The van der Waals surface area contributed by atoms with Crippen molar-refractivity contribution in [3.63, 3.8) is 0 Å². The van der Waals surface area contributed by atoms with Crippen LogP contribution in [0.2, 0.25) is 0 Å². The van der Waals surface area contributed by atoms with Crippen molar-refractivity contribution in [2.75, 3.05) is 6.54 Å². The molecular weight excluding hydrogens is 475 g/mol. The van der Waals surface area contributed by atoms with Crippen LogP contribution in [0.3, 0.4) is 0 Å². The van der Waals surface area contributed by atoms with E-state index in [0.717, 1.165) is 11.1 Å². The number of aromatic nitrogens is 1. The number of halogens is 1. The number of amides is 1. The number of nitrogens with zero attached hydrogens (tertiary/aromatic N) is 2. The molecule has 0 bridgehead atoms. The van der Waals surface area contributed by atoms with Crippen molar-refractivity contribution >= 4 is 17.6 Å². The fraction of sp³-hybridized carbons (Fsp3) is 0.276. The van der Waals surface area contributed by atoms with Crippen LogP contribution < -0.4 is 10.2 Å². The molecule has 37 heavy (non-hydrogen) atoms. The maximum atomic E-state index is 14.0. The number of cyclic esters (lactones) is 1. The number of fused-ring (bicyclic) bond motifs is 3. The lowest BCUT2D eigenvalue weighted by atomic mass is 10.1. The standard InChI is InChI=1S/C27H23FN2O5.C2H6/c1-3-19-13-18(9-10-20(19)28)14-29-11-12-30-22-21(16(2)35-27(22)33)24(31)25(23(30)26(29)32)34-15-17-7-5-4-6-8-17;1-2/h4-10,13H,2-3,11-12,14-15H2,1H3;1-2H3. The van der Waals surface area contributed by atoms with Gasteiger partial charge in [0.15, 0.2) is 11.4 Å². The quantitative estimate of drug-likeness (QED) is 0.444. The van der Waals surface area contributed by atoms with Gasteiger partial charge in [0, 0.05) is 19.6 Å². The molecule has 0 saturated heterocycles. The number of pyridine rings is 1. The molecule has 2 aliphatic heterocycles. The largest absolute Gasteiger partial charge is 0.483 e. The predicted molar refractivity (Wildman–Crippen MR) is 138 cm³/mol. The highest BCUT2D eigenvalue weighted by molar-refractivity contribution is 6.04. The van der Waals surface area contributed by atoms with Crippen LogP contribution in [0.4, 0.5) is 4.39 Å². The van der Waals surface area contributed by atoms with E-state index >= 15 is 0 Å². The first-order valence-corrected chi connectivity index (χ1v) is 12.3. The van der Waals surface area contributed by atoms with Gasteiger partial charge in [0.2, 0.25) is 5.43 Å². The van der Waals surface area contributed by atoms with E-state index in [1.165, 1.54) is 10.6 Å². The van der Waals surface area contributed by atoms with Crippen molar-refractivity contribution in [1.82, 2.24) is 9.47 Å². The maximum absolute atomic E-state index is 14.0. The second-order valence-electron chi connectivity index (χ2n) is 8.48. The lowest BCUT2D eigenvalue weighted by Gasteiger charge is -2.32. The molecule has 0 aliphatic carbocycles. The minimum atomic E-state index is -0.717. The first kappa shape index (κ1) is 25.9. The monoisotopic (exact) mass is 504 g/mol. The molecule has 5 rings (SSSR count). The number of carbonyl (C=O) groups excluding carboxylic acids is 2. The van der Waals surface area contributed by atoms with Crippen LogP contribution in [0, 0.1) is 5.82 Å². The Morgan fingerprint density at radius 2 is 1.73 bits per heavy atom. The fourth-order valence-corrected chi connectivity index (χ4v) is 4.52. The van der Waals surface area contributed by atoms with Crippen molar-refractivity contribution in [3.05, 3.63) is 105 Å². The van der Waals surface area contributed by atoms with E-state index in [1.807, 2.05) is 51.1 Å². The third-order valence-corrected chi connectivity index (χ3v) is 6.29. The highest BCUT2D eigenvalue weighted by atomic mass is 19.1. The molecule has 0 atom stereocenters. The molecule has 7 nitrogen and oxygen atoms in total. The number of hydrogen-bond acceptors (Lipinski definition) is 5. The topological polar surface area (TPSA) is 77.8 Å². The minimum absolute atomic E-state index is 0.000378. The van der Waals surface area contributed by atoms with E-state index in [1.54, 1.807) is 17.0 Å². The molecular formula is C29H29FN2O5. The average Bonchev–Trinajstić information content (AvgIpc) is 3.22. The lowest BCUT2D eigenvalue weighted by molar-refractivity contribution is 0.0661. The summed E-state index contributed by atoms with van der Waals surface area (Å²) in [5.41, 5.74) is 1.58. The van der Waals surface area contributed by atoms with Crippen LogP contribution in [-0.2, 0) is 30.9 Å². The molecule has 2 aromatic carbocycles. The SMILES string of the molecule is C=C1OC(=O)c2c1c(=O)c(OCc1ccccc1)c1n2CCN(Cc2ccc(F)c(CC)c2)C1=O.CC. The van der Waals surface area contributed by atoms with Crippen molar-refractivity contribution in [3.8, 4) is 5.75 Å². The van der Waals surface area contributed by atoms with Crippen LogP contribution in [0.1, 0.15) is 64.0 Å².